The Bertz CT molecular complexity index is 227. The zero-order valence-electron chi connectivity index (χ0n) is 9.72. The van der Waals surface area contributed by atoms with Crippen molar-refractivity contribution in [1.82, 2.24) is 10.6 Å². The minimum Gasteiger partial charge on any atom is -0.355 e. The van der Waals surface area contributed by atoms with Crippen LogP contribution in [0.15, 0.2) is 0 Å². The van der Waals surface area contributed by atoms with Gasteiger partial charge in [-0.05, 0) is 19.8 Å². The molecule has 0 aromatic heterocycles. The van der Waals surface area contributed by atoms with Crippen molar-refractivity contribution >= 4 is 11.8 Å². The Morgan fingerprint density at radius 1 is 1.27 bits per heavy atom. The van der Waals surface area contributed by atoms with Crippen LogP contribution in [0.25, 0.3) is 0 Å². The first kappa shape index (κ1) is 13.9. The van der Waals surface area contributed by atoms with Gasteiger partial charge in [0, 0.05) is 6.54 Å². The van der Waals surface area contributed by atoms with Gasteiger partial charge in [0.1, 0.15) is 0 Å². The van der Waals surface area contributed by atoms with Crippen LogP contribution in [0.4, 0.5) is 0 Å². The summed E-state index contributed by atoms with van der Waals surface area (Å²) in [4.78, 5) is 22.6. The van der Waals surface area contributed by atoms with E-state index in [0.29, 0.717) is 13.0 Å². The second kappa shape index (κ2) is 6.40. The average Bonchev–Trinajstić information content (AvgIpc) is 2.22. The third-order valence-electron chi connectivity index (χ3n) is 2.23. The molecule has 0 saturated heterocycles. The number of hydrogen-bond donors (Lipinski definition) is 3. The highest BCUT2D eigenvalue weighted by molar-refractivity contribution is 5.89. The standard InChI is InChI=1S/C10H21N3O2/c1-4-6-12-8(14)7-13-9(15)10(3,11)5-2/h4-7,11H2,1-3H3,(H,12,14)(H,13,15). The van der Waals surface area contributed by atoms with Crippen LogP contribution in [0.1, 0.15) is 33.6 Å². The van der Waals surface area contributed by atoms with E-state index < -0.39 is 5.54 Å². The molecular weight excluding hydrogens is 194 g/mol. The normalized spacial score (nSPS) is 14.1. The molecule has 0 aromatic carbocycles. The van der Waals surface area contributed by atoms with Gasteiger partial charge in [-0.25, -0.2) is 0 Å². The first-order valence-electron chi connectivity index (χ1n) is 5.28. The molecule has 5 nitrogen and oxygen atoms in total. The van der Waals surface area contributed by atoms with Crippen LogP contribution in [0.5, 0.6) is 0 Å². The second-order valence-corrected chi connectivity index (χ2v) is 3.80. The summed E-state index contributed by atoms with van der Waals surface area (Å²) in [5.41, 5.74) is 4.80. The minimum absolute atomic E-state index is 0.00831. The molecule has 5 heteroatoms. The minimum atomic E-state index is -0.898. The lowest BCUT2D eigenvalue weighted by molar-refractivity contribution is -0.129. The Morgan fingerprint density at radius 3 is 2.33 bits per heavy atom. The number of amides is 2. The maximum absolute atomic E-state index is 11.5. The molecule has 1 unspecified atom stereocenters. The van der Waals surface area contributed by atoms with Crippen LogP contribution in [0.3, 0.4) is 0 Å². The number of nitrogens with one attached hydrogen (secondary N) is 2. The number of nitrogens with two attached hydrogens (primary N) is 1. The maximum atomic E-state index is 11.5. The zero-order valence-corrected chi connectivity index (χ0v) is 9.72. The smallest absolute Gasteiger partial charge is 0.240 e. The van der Waals surface area contributed by atoms with Crippen LogP contribution < -0.4 is 16.4 Å². The molecule has 0 saturated carbocycles. The highest BCUT2D eigenvalue weighted by Crippen LogP contribution is 2.03. The van der Waals surface area contributed by atoms with Crippen LogP contribution >= 0.6 is 0 Å². The van der Waals surface area contributed by atoms with Gasteiger partial charge in [-0.2, -0.15) is 0 Å². The summed E-state index contributed by atoms with van der Waals surface area (Å²) in [5.74, 6) is -0.478. The lowest BCUT2D eigenvalue weighted by Crippen LogP contribution is -2.53. The van der Waals surface area contributed by atoms with Gasteiger partial charge in [0.2, 0.25) is 11.8 Å². The second-order valence-electron chi connectivity index (χ2n) is 3.80. The van der Waals surface area contributed by atoms with E-state index in [1.807, 2.05) is 13.8 Å². The number of carbonyl (C=O) groups excluding carboxylic acids is 2. The Hall–Kier alpha value is -1.10. The molecule has 4 N–H and O–H groups in total. The van der Waals surface area contributed by atoms with Gasteiger partial charge in [0.05, 0.1) is 12.1 Å². The van der Waals surface area contributed by atoms with Gasteiger partial charge in [0.25, 0.3) is 0 Å². The summed E-state index contributed by atoms with van der Waals surface area (Å²) in [6.45, 7) is 6.06. The molecule has 0 spiro atoms. The number of carbonyl (C=O) groups is 2. The molecular formula is C10H21N3O2. The van der Waals surface area contributed by atoms with E-state index in [4.69, 9.17) is 5.73 Å². The summed E-state index contributed by atoms with van der Waals surface area (Å²) in [6.07, 6.45) is 1.42. The zero-order chi connectivity index (χ0) is 11.9. The quantitative estimate of drug-likeness (QED) is 0.571. The van der Waals surface area contributed by atoms with Gasteiger partial charge in [-0.3, -0.25) is 9.59 Å². The van der Waals surface area contributed by atoms with Gasteiger partial charge in [-0.15, -0.1) is 0 Å². The Morgan fingerprint density at radius 2 is 1.87 bits per heavy atom. The van der Waals surface area contributed by atoms with Crippen molar-refractivity contribution in [3.05, 3.63) is 0 Å². The van der Waals surface area contributed by atoms with Crippen LogP contribution in [-0.2, 0) is 9.59 Å². The monoisotopic (exact) mass is 215 g/mol. The predicted molar refractivity (Wildman–Crippen MR) is 59.2 cm³/mol. The highest BCUT2D eigenvalue weighted by atomic mass is 16.2. The van der Waals surface area contributed by atoms with Crippen molar-refractivity contribution in [2.75, 3.05) is 13.1 Å². The van der Waals surface area contributed by atoms with Crippen LogP contribution in [0, 0.1) is 0 Å². The van der Waals surface area contributed by atoms with Crippen molar-refractivity contribution in [1.29, 1.82) is 0 Å². The Balaban J connectivity index is 3.85. The highest BCUT2D eigenvalue weighted by Gasteiger charge is 2.25. The molecule has 0 rings (SSSR count). The molecule has 0 aliphatic carbocycles. The Kier molecular flexibility index (Phi) is 5.93. The summed E-state index contributed by atoms with van der Waals surface area (Å²) >= 11 is 0. The van der Waals surface area contributed by atoms with E-state index >= 15 is 0 Å². The van der Waals surface area contributed by atoms with Crippen molar-refractivity contribution < 1.29 is 9.59 Å². The van der Waals surface area contributed by atoms with E-state index in [2.05, 4.69) is 10.6 Å². The molecule has 1 atom stereocenters. The lowest BCUT2D eigenvalue weighted by atomic mass is 10.00. The Labute approximate surface area is 90.8 Å². The largest absolute Gasteiger partial charge is 0.355 e. The SMILES string of the molecule is CCCNC(=O)CNC(=O)C(C)(N)CC. The van der Waals surface area contributed by atoms with Gasteiger partial charge >= 0.3 is 0 Å². The number of hydrogen-bond acceptors (Lipinski definition) is 3. The lowest BCUT2D eigenvalue weighted by Gasteiger charge is -2.21. The molecule has 0 radical (unpaired) electrons. The third kappa shape index (κ3) is 5.37. The molecule has 0 aliphatic heterocycles. The predicted octanol–water partition coefficient (Wildman–Crippen LogP) is -0.244. The first-order valence-corrected chi connectivity index (χ1v) is 5.28. The fourth-order valence-electron chi connectivity index (χ4n) is 0.850. The molecule has 0 heterocycles. The van der Waals surface area contributed by atoms with E-state index in [-0.39, 0.29) is 18.4 Å². The first-order chi connectivity index (χ1) is 6.94. The summed E-state index contributed by atoms with van der Waals surface area (Å²) in [6, 6.07) is 0. The molecule has 0 fully saturated rings. The molecule has 88 valence electrons. The summed E-state index contributed by atoms with van der Waals surface area (Å²) in [7, 11) is 0. The van der Waals surface area contributed by atoms with Gasteiger partial charge in [0.15, 0.2) is 0 Å². The summed E-state index contributed by atoms with van der Waals surface area (Å²) in [5, 5.41) is 5.17. The van der Waals surface area contributed by atoms with Crippen molar-refractivity contribution in [2.24, 2.45) is 5.73 Å². The molecule has 0 bridgehead atoms. The average molecular weight is 215 g/mol. The molecule has 15 heavy (non-hydrogen) atoms. The van der Waals surface area contributed by atoms with Crippen molar-refractivity contribution in [3.8, 4) is 0 Å². The maximum Gasteiger partial charge on any atom is 0.240 e. The van der Waals surface area contributed by atoms with Crippen molar-refractivity contribution in [2.45, 2.75) is 39.2 Å². The van der Waals surface area contributed by atoms with E-state index in [0.717, 1.165) is 6.42 Å². The topological polar surface area (TPSA) is 84.2 Å². The fourth-order valence-corrected chi connectivity index (χ4v) is 0.850. The van der Waals surface area contributed by atoms with E-state index in [1.54, 1.807) is 6.92 Å². The van der Waals surface area contributed by atoms with E-state index in [9.17, 15) is 9.59 Å². The van der Waals surface area contributed by atoms with Crippen LogP contribution in [0.2, 0.25) is 0 Å². The van der Waals surface area contributed by atoms with Gasteiger partial charge in [-0.1, -0.05) is 13.8 Å². The van der Waals surface area contributed by atoms with Crippen LogP contribution in [-0.4, -0.2) is 30.4 Å². The number of rotatable bonds is 6. The van der Waals surface area contributed by atoms with Crippen molar-refractivity contribution in [3.63, 3.8) is 0 Å². The van der Waals surface area contributed by atoms with E-state index in [1.165, 1.54) is 0 Å². The van der Waals surface area contributed by atoms with Gasteiger partial charge < -0.3 is 16.4 Å². The summed E-state index contributed by atoms with van der Waals surface area (Å²) < 4.78 is 0. The fraction of sp³-hybridized carbons (Fsp3) is 0.800. The molecule has 2 amide bonds. The third-order valence-corrected chi connectivity index (χ3v) is 2.23. The molecule has 0 aliphatic rings. The molecule has 0 aromatic rings.